The molecule has 134 valence electrons. The number of rotatable bonds is 4. The van der Waals surface area contributed by atoms with Gasteiger partial charge >= 0.3 is 6.03 Å². The minimum absolute atomic E-state index is 0.0459. The van der Waals surface area contributed by atoms with Gasteiger partial charge in [-0.2, -0.15) is 5.26 Å². The Kier molecular flexibility index (Phi) is 6.21. The molecular weight excluding hydrogens is 338 g/mol. The molecule has 0 radical (unpaired) electrons. The number of hydrogen-bond donors (Lipinski definition) is 1. The second-order valence-electron chi connectivity index (χ2n) is 6.46. The zero-order chi connectivity index (χ0) is 18.4. The largest absolute Gasteiger partial charge is 0.334 e. The van der Waals surface area contributed by atoms with Crippen LogP contribution in [-0.2, 0) is 9.84 Å². The van der Waals surface area contributed by atoms with Crippen molar-refractivity contribution in [2.75, 3.05) is 19.3 Å². The molecule has 1 N–H and O–H groups in total. The minimum Gasteiger partial charge on any atom is -0.334 e. The van der Waals surface area contributed by atoms with E-state index in [1.807, 2.05) is 12.1 Å². The summed E-state index contributed by atoms with van der Waals surface area (Å²) in [5.41, 5.74) is 1.60. The van der Waals surface area contributed by atoms with Crippen molar-refractivity contribution in [2.24, 2.45) is 5.92 Å². The molecule has 1 aromatic rings. The van der Waals surface area contributed by atoms with Gasteiger partial charge in [0.2, 0.25) is 0 Å². The van der Waals surface area contributed by atoms with E-state index in [1.54, 1.807) is 17.0 Å². The highest BCUT2D eigenvalue weighted by molar-refractivity contribution is 7.93. The highest BCUT2D eigenvalue weighted by atomic mass is 32.2. The Hall–Kier alpha value is -2.33. The lowest BCUT2D eigenvalue weighted by Gasteiger charge is -2.38. The van der Waals surface area contributed by atoms with Gasteiger partial charge in [0, 0.05) is 24.8 Å². The van der Waals surface area contributed by atoms with E-state index in [1.165, 1.54) is 6.08 Å². The molecule has 0 spiro atoms. The van der Waals surface area contributed by atoms with Crippen molar-refractivity contribution in [1.82, 2.24) is 10.2 Å². The molecule has 0 bridgehead atoms. The molecule has 2 atom stereocenters. The number of amides is 2. The van der Waals surface area contributed by atoms with Crippen LogP contribution in [0.2, 0.25) is 0 Å². The summed E-state index contributed by atoms with van der Waals surface area (Å²) in [6.45, 7) is 2.98. The molecule has 7 heteroatoms. The Bertz CT molecular complexity index is 779. The summed E-state index contributed by atoms with van der Waals surface area (Å²) < 4.78 is 22.1. The molecule has 1 saturated heterocycles. The summed E-state index contributed by atoms with van der Waals surface area (Å²) in [7, 11) is -3.19. The number of carbonyl (C=O) groups excluding carboxylic acids is 1. The lowest BCUT2D eigenvalue weighted by atomic mass is 9.88. The predicted molar refractivity (Wildman–Crippen MR) is 96.4 cm³/mol. The van der Waals surface area contributed by atoms with Crippen LogP contribution in [0, 0.1) is 17.2 Å². The third kappa shape index (κ3) is 5.61. The molecule has 1 aliphatic rings. The molecule has 2 amide bonds. The summed E-state index contributed by atoms with van der Waals surface area (Å²) in [5.74, 6) is 0.509. The molecule has 1 fully saturated rings. The molecule has 2 rings (SSSR count). The van der Waals surface area contributed by atoms with Crippen LogP contribution in [0.1, 0.15) is 36.9 Å². The third-order valence-corrected chi connectivity index (χ3v) is 4.95. The van der Waals surface area contributed by atoms with Gasteiger partial charge in [0.1, 0.15) is 0 Å². The van der Waals surface area contributed by atoms with Gasteiger partial charge in [-0.25, -0.2) is 13.2 Å². The van der Waals surface area contributed by atoms with Crippen molar-refractivity contribution in [2.45, 2.75) is 25.8 Å². The molecule has 0 aromatic heterocycles. The number of hydrogen-bond acceptors (Lipinski definition) is 4. The second kappa shape index (κ2) is 8.17. The highest BCUT2D eigenvalue weighted by Gasteiger charge is 2.30. The monoisotopic (exact) mass is 361 g/mol. The van der Waals surface area contributed by atoms with Crippen LogP contribution in [-0.4, -0.2) is 38.7 Å². The number of piperidine rings is 1. The zero-order valence-electron chi connectivity index (χ0n) is 14.5. The standard InChI is InChI=1S/C18H23N3O3S/c1-14-8-10-21(18(22)20-9-3-11-25(2,23)24)17(12-14)16-6-4-15(13-19)5-7-16/h3-7,11,14,17H,8-10,12H2,1-2H3,(H,20,22)/b11-3+. The molecule has 1 aromatic carbocycles. The number of likely N-dealkylation sites (tertiary alicyclic amines) is 1. The van der Waals surface area contributed by atoms with Gasteiger partial charge in [0.15, 0.2) is 9.84 Å². The summed E-state index contributed by atoms with van der Waals surface area (Å²) >= 11 is 0. The zero-order valence-corrected chi connectivity index (χ0v) is 15.3. The molecule has 6 nitrogen and oxygen atoms in total. The minimum atomic E-state index is -3.19. The van der Waals surface area contributed by atoms with E-state index in [0.717, 1.165) is 30.1 Å². The van der Waals surface area contributed by atoms with Gasteiger partial charge in [0.25, 0.3) is 0 Å². The molecular formula is C18H23N3O3S. The van der Waals surface area contributed by atoms with E-state index in [2.05, 4.69) is 18.3 Å². The van der Waals surface area contributed by atoms with Crippen molar-refractivity contribution in [3.05, 3.63) is 46.9 Å². The average Bonchev–Trinajstić information content (AvgIpc) is 2.57. The maximum atomic E-state index is 12.5. The lowest BCUT2D eigenvalue weighted by Crippen LogP contribution is -2.46. The van der Waals surface area contributed by atoms with Gasteiger partial charge in [-0.05, 0) is 36.5 Å². The van der Waals surface area contributed by atoms with Crippen LogP contribution in [0.4, 0.5) is 4.79 Å². The van der Waals surface area contributed by atoms with E-state index < -0.39 is 9.84 Å². The summed E-state index contributed by atoms with van der Waals surface area (Å²) in [5, 5.41) is 12.8. The molecule has 1 aliphatic heterocycles. The molecule has 2 unspecified atom stereocenters. The molecule has 1 heterocycles. The predicted octanol–water partition coefficient (Wildman–Crippen LogP) is 2.60. The Balaban J connectivity index is 2.08. The number of nitrogens with one attached hydrogen (secondary N) is 1. The maximum Gasteiger partial charge on any atom is 0.318 e. The van der Waals surface area contributed by atoms with E-state index in [4.69, 9.17) is 5.26 Å². The summed E-state index contributed by atoms with van der Waals surface area (Å²) in [6, 6.07) is 9.16. The van der Waals surface area contributed by atoms with Crippen LogP contribution in [0.5, 0.6) is 0 Å². The van der Waals surface area contributed by atoms with Crippen LogP contribution in [0.3, 0.4) is 0 Å². The van der Waals surface area contributed by atoms with E-state index in [-0.39, 0.29) is 18.6 Å². The quantitative estimate of drug-likeness (QED) is 0.892. The molecule has 0 aliphatic carbocycles. The Morgan fingerprint density at radius 1 is 1.40 bits per heavy atom. The van der Waals surface area contributed by atoms with Crippen LogP contribution in [0.25, 0.3) is 0 Å². The average molecular weight is 361 g/mol. The number of nitrogens with zero attached hydrogens (tertiary/aromatic N) is 2. The van der Waals surface area contributed by atoms with Crippen molar-refractivity contribution >= 4 is 15.9 Å². The number of benzene rings is 1. The Morgan fingerprint density at radius 3 is 2.68 bits per heavy atom. The number of urea groups is 1. The first kappa shape index (κ1) is 19.0. The maximum absolute atomic E-state index is 12.5. The van der Waals surface area contributed by atoms with Crippen LogP contribution >= 0.6 is 0 Å². The van der Waals surface area contributed by atoms with Gasteiger partial charge in [0.05, 0.1) is 17.7 Å². The van der Waals surface area contributed by atoms with E-state index in [0.29, 0.717) is 18.0 Å². The highest BCUT2D eigenvalue weighted by Crippen LogP contribution is 2.34. The first-order chi connectivity index (χ1) is 11.8. The first-order valence-corrected chi connectivity index (χ1v) is 10.2. The smallest absolute Gasteiger partial charge is 0.318 e. The van der Waals surface area contributed by atoms with Crippen molar-refractivity contribution in [1.29, 1.82) is 5.26 Å². The number of nitriles is 1. The Labute approximate surface area is 149 Å². The van der Waals surface area contributed by atoms with E-state index >= 15 is 0 Å². The van der Waals surface area contributed by atoms with Crippen molar-refractivity contribution in [3.63, 3.8) is 0 Å². The molecule has 25 heavy (non-hydrogen) atoms. The van der Waals surface area contributed by atoms with Crippen LogP contribution in [0.15, 0.2) is 35.7 Å². The number of carbonyl (C=O) groups is 1. The third-order valence-electron chi connectivity index (χ3n) is 4.26. The second-order valence-corrected chi connectivity index (χ2v) is 8.39. The van der Waals surface area contributed by atoms with Crippen molar-refractivity contribution < 1.29 is 13.2 Å². The van der Waals surface area contributed by atoms with Crippen molar-refractivity contribution in [3.8, 4) is 6.07 Å². The summed E-state index contributed by atoms with van der Waals surface area (Å²) in [6.07, 6.45) is 4.33. The lowest BCUT2D eigenvalue weighted by molar-refractivity contribution is 0.132. The van der Waals surface area contributed by atoms with Gasteiger partial charge < -0.3 is 10.2 Å². The van der Waals surface area contributed by atoms with Gasteiger partial charge in [-0.15, -0.1) is 0 Å². The van der Waals surface area contributed by atoms with Gasteiger partial charge in [-0.3, -0.25) is 0 Å². The normalized spacial score (nSPS) is 21.1. The fourth-order valence-corrected chi connectivity index (χ4v) is 3.40. The van der Waals surface area contributed by atoms with Crippen LogP contribution < -0.4 is 5.32 Å². The first-order valence-electron chi connectivity index (χ1n) is 8.21. The topological polar surface area (TPSA) is 90.3 Å². The molecule has 0 saturated carbocycles. The SMILES string of the molecule is CC1CCN(C(=O)NC/C=C/S(C)(=O)=O)C(c2ccc(C#N)cc2)C1. The number of sulfone groups is 1. The Morgan fingerprint density at radius 2 is 2.08 bits per heavy atom. The van der Waals surface area contributed by atoms with Gasteiger partial charge in [-0.1, -0.05) is 25.1 Å². The summed E-state index contributed by atoms with van der Waals surface area (Å²) in [4.78, 5) is 14.3. The fourth-order valence-electron chi connectivity index (χ4n) is 2.95. The van der Waals surface area contributed by atoms with E-state index in [9.17, 15) is 13.2 Å². The fraction of sp³-hybridized carbons (Fsp3) is 0.444.